The standard InChI is InChI=1S/C15H17F3N4O/c1-19-11-3-2-10(8-11)14-20-9-22(21-14)12-4-6-13(7-5-12)23-15(16,17)18/h4-8,11,19H,2-3,9H2,1H3,(H,20,21). The van der Waals surface area contributed by atoms with Crippen LogP contribution in [-0.2, 0) is 0 Å². The Labute approximate surface area is 131 Å². The van der Waals surface area contributed by atoms with Crippen LogP contribution < -0.4 is 20.5 Å². The van der Waals surface area contributed by atoms with Crippen molar-refractivity contribution in [2.75, 3.05) is 18.7 Å². The number of hydrogen-bond acceptors (Lipinski definition) is 5. The molecule has 0 fully saturated rings. The fourth-order valence-corrected chi connectivity index (χ4v) is 2.63. The molecule has 0 saturated heterocycles. The molecule has 1 aromatic carbocycles. The number of anilines is 1. The lowest BCUT2D eigenvalue weighted by Crippen LogP contribution is -2.36. The van der Waals surface area contributed by atoms with Gasteiger partial charge in [0.15, 0.2) is 0 Å². The Morgan fingerprint density at radius 3 is 2.65 bits per heavy atom. The Balaban J connectivity index is 1.62. The molecule has 3 rings (SSSR count). The minimum atomic E-state index is -4.68. The molecule has 1 aromatic rings. The molecule has 0 aromatic heterocycles. The van der Waals surface area contributed by atoms with Gasteiger partial charge in [-0.2, -0.15) is 0 Å². The minimum Gasteiger partial charge on any atom is -0.406 e. The van der Waals surface area contributed by atoms with Gasteiger partial charge >= 0.3 is 6.36 Å². The highest BCUT2D eigenvalue weighted by molar-refractivity contribution is 6.01. The molecule has 1 unspecified atom stereocenters. The number of likely N-dealkylation sites (N-methyl/N-ethyl adjacent to an activating group) is 1. The van der Waals surface area contributed by atoms with Crippen molar-refractivity contribution in [3.63, 3.8) is 0 Å². The molecule has 23 heavy (non-hydrogen) atoms. The predicted molar refractivity (Wildman–Crippen MR) is 81.2 cm³/mol. The lowest BCUT2D eigenvalue weighted by Gasteiger charge is -2.19. The van der Waals surface area contributed by atoms with E-state index in [1.54, 1.807) is 17.1 Å². The third-order valence-electron chi connectivity index (χ3n) is 3.80. The second-order valence-corrected chi connectivity index (χ2v) is 5.36. The summed E-state index contributed by atoms with van der Waals surface area (Å²) in [5.41, 5.74) is 5.07. The fraction of sp³-hybridized carbons (Fsp3) is 0.400. The Morgan fingerprint density at radius 1 is 1.30 bits per heavy atom. The van der Waals surface area contributed by atoms with E-state index in [2.05, 4.69) is 26.5 Å². The first-order valence-electron chi connectivity index (χ1n) is 7.27. The van der Waals surface area contributed by atoms with Gasteiger partial charge in [-0.15, -0.1) is 13.2 Å². The molecule has 124 valence electrons. The van der Waals surface area contributed by atoms with Gasteiger partial charge in [0, 0.05) is 6.04 Å². The number of halogens is 3. The number of nitrogens with one attached hydrogen (secondary N) is 2. The van der Waals surface area contributed by atoms with Crippen molar-refractivity contribution in [3.05, 3.63) is 35.9 Å². The van der Waals surface area contributed by atoms with Crippen LogP contribution in [0.3, 0.4) is 0 Å². The zero-order valence-electron chi connectivity index (χ0n) is 12.5. The van der Waals surface area contributed by atoms with Crippen molar-refractivity contribution in [2.24, 2.45) is 4.99 Å². The summed E-state index contributed by atoms with van der Waals surface area (Å²) in [7, 11) is 1.92. The molecule has 8 heteroatoms. The van der Waals surface area contributed by atoms with Crippen LogP contribution in [0.1, 0.15) is 12.8 Å². The number of aliphatic imine (C=N–C) groups is 1. The number of ether oxygens (including phenoxy) is 1. The third-order valence-corrected chi connectivity index (χ3v) is 3.80. The predicted octanol–water partition coefficient (Wildman–Crippen LogP) is 2.57. The van der Waals surface area contributed by atoms with Gasteiger partial charge in [0.2, 0.25) is 0 Å². The second-order valence-electron chi connectivity index (χ2n) is 5.36. The average Bonchev–Trinajstić information content (AvgIpc) is 3.15. The number of hydrogen-bond donors (Lipinski definition) is 2. The molecule has 0 amide bonds. The van der Waals surface area contributed by atoms with E-state index in [1.165, 1.54) is 12.1 Å². The molecular formula is C15H17F3N4O. The van der Waals surface area contributed by atoms with Crippen LogP contribution in [0.2, 0.25) is 0 Å². The molecule has 1 aliphatic heterocycles. The van der Waals surface area contributed by atoms with Crippen molar-refractivity contribution in [3.8, 4) is 5.75 Å². The highest BCUT2D eigenvalue weighted by Crippen LogP contribution is 2.26. The number of alkyl halides is 3. The number of amidine groups is 1. The Kier molecular flexibility index (Phi) is 4.16. The smallest absolute Gasteiger partial charge is 0.406 e. The van der Waals surface area contributed by atoms with Gasteiger partial charge in [-0.25, -0.2) is 4.99 Å². The van der Waals surface area contributed by atoms with Crippen molar-refractivity contribution >= 4 is 11.5 Å². The van der Waals surface area contributed by atoms with Crippen LogP contribution in [0.15, 0.2) is 40.9 Å². The molecule has 0 radical (unpaired) electrons. The maximum atomic E-state index is 12.2. The van der Waals surface area contributed by atoms with Crippen molar-refractivity contribution in [1.29, 1.82) is 0 Å². The van der Waals surface area contributed by atoms with Gasteiger partial charge in [0.25, 0.3) is 0 Å². The van der Waals surface area contributed by atoms with E-state index in [9.17, 15) is 13.2 Å². The van der Waals surface area contributed by atoms with E-state index >= 15 is 0 Å². The first kappa shape index (κ1) is 15.7. The molecule has 1 heterocycles. The Hall–Kier alpha value is -2.22. The van der Waals surface area contributed by atoms with Gasteiger partial charge in [0.05, 0.1) is 5.69 Å². The molecule has 1 aliphatic carbocycles. The van der Waals surface area contributed by atoms with Gasteiger partial charge in [0.1, 0.15) is 18.3 Å². The van der Waals surface area contributed by atoms with Gasteiger partial charge in [-0.3, -0.25) is 10.4 Å². The largest absolute Gasteiger partial charge is 0.573 e. The maximum absolute atomic E-state index is 12.2. The molecular weight excluding hydrogens is 309 g/mol. The number of rotatable bonds is 4. The lowest BCUT2D eigenvalue weighted by molar-refractivity contribution is -0.274. The molecule has 0 bridgehead atoms. The minimum absolute atomic E-state index is 0.239. The Morgan fingerprint density at radius 2 is 2.04 bits per heavy atom. The molecule has 5 nitrogen and oxygen atoms in total. The summed E-state index contributed by atoms with van der Waals surface area (Å²) in [6.07, 6.45) is -0.544. The first-order valence-corrected chi connectivity index (χ1v) is 7.27. The molecule has 2 N–H and O–H groups in total. The molecule has 1 atom stereocenters. The summed E-state index contributed by atoms with van der Waals surface area (Å²) in [4.78, 5) is 4.45. The molecule has 2 aliphatic rings. The van der Waals surface area contributed by atoms with Crippen LogP contribution in [0.5, 0.6) is 5.75 Å². The fourth-order valence-electron chi connectivity index (χ4n) is 2.63. The summed E-state index contributed by atoms with van der Waals surface area (Å²) >= 11 is 0. The van der Waals surface area contributed by atoms with Crippen molar-refractivity contribution < 1.29 is 17.9 Å². The zero-order valence-corrected chi connectivity index (χ0v) is 12.5. The quantitative estimate of drug-likeness (QED) is 0.893. The highest BCUT2D eigenvalue weighted by atomic mass is 19.4. The topological polar surface area (TPSA) is 48.9 Å². The van der Waals surface area contributed by atoms with E-state index in [1.807, 2.05) is 7.05 Å². The summed E-state index contributed by atoms with van der Waals surface area (Å²) < 4.78 is 40.3. The summed E-state index contributed by atoms with van der Waals surface area (Å²) in [6, 6.07) is 6.06. The van der Waals surface area contributed by atoms with E-state index in [0.717, 1.165) is 29.9 Å². The van der Waals surface area contributed by atoms with E-state index in [4.69, 9.17) is 0 Å². The summed E-state index contributed by atoms with van der Waals surface area (Å²) in [6.45, 7) is 0.413. The van der Waals surface area contributed by atoms with Gasteiger partial charge < -0.3 is 10.1 Å². The number of nitrogens with zero attached hydrogens (tertiary/aromatic N) is 2. The van der Waals surface area contributed by atoms with Crippen molar-refractivity contribution in [2.45, 2.75) is 25.2 Å². The van der Waals surface area contributed by atoms with Crippen LogP contribution in [0, 0.1) is 0 Å². The lowest BCUT2D eigenvalue weighted by atomic mass is 10.2. The van der Waals surface area contributed by atoms with Crippen molar-refractivity contribution in [1.82, 2.24) is 10.7 Å². The number of hydrazine groups is 1. The second kappa shape index (κ2) is 6.11. The molecule has 0 spiro atoms. The monoisotopic (exact) mass is 326 g/mol. The normalized spacial score (nSPS) is 21.0. The third kappa shape index (κ3) is 3.76. The summed E-state index contributed by atoms with van der Waals surface area (Å²) in [5, 5.41) is 4.98. The molecule has 0 saturated carbocycles. The Bertz CT molecular complexity index is 625. The van der Waals surface area contributed by atoms with Crippen LogP contribution in [-0.4, -0.2) is 32.0 Å². The average molecular weight is 326 g/mol. The van der Waals surface area contributed by atoms with Gasteiger partial charge in [-0.05, 0) is 49.7 Å². The maximum Gasteiger partial charge on any atom is 0.573 e. The van der Waals surface area contributed by atoms with Crippen LogP contribution in [0.25, 0.3) is 0 Å². The van der Waals surface area contributed by atoms with Gasteiger partial charge in [-0.1, -0.05) is 6.08 Å². The number of benzene rings is 1. The van der Waals surface area contributed by atoms with E-state index < -0.39 is 6.36 Å². The van der Waals surface area contributed by atoms with Crippen LogP contribution in [0.4, 0.5) is 18.9 Å². The van der Waals surface area contributed by atoms with E-state index in [-0.39, 0.29) is 5.75 Å². The highest BCUT2D eigenvalue weighted by Gasteiger charge is 2.31. The van der Waals surface area contributed by atoms with Crippen LogP contribution >= 0.6 is 0 Å². The first-order chi connectivity index (χ1) is 10.9. The summed E-state index contributed by atoms with van der Waals surface area (Å²) in [5.74, 6) is 0.579. The van der Waals surface area contributed by atoms with E-state index in [0.29, 0.717) is 12.7 Å². The SMILES string of the molecule is CNC1C=C(C2=NCN(c3ccc(OC(F)(F)F)cc3)N2)CC1. The zero-order chi connectivity index (χ0) is 16.4.